The number of rotatable bonds is 5. The summed E-state index contributed by atoms with van der Waals surface area (Å²) in [5, 5.41) is 0.950. The van der Waals surface area contributed by atoms with E-state index in [1.165, 1.54) is 5.56 Å². The van der Waals surface area contributed by atoms with Crippen LogP contribution in [-0.4, -0.2) is 18.9 Å². The Bertz CT molecular complexity index is 655. The summed E-state index contributed by atoms with van der Waals surface area (Å²) in [5.41, 5.74) is 2.67. The highest BCUT2D eigenvalue weighted by Crippen LogP contribution is 2.22. The lowest BCUT2D eigenvalue weighted by atomic mass is 10.1. The highest BCUT2D eigenvalue weighted by molar-refractivity contribution is 6.36. The van der Waals surface area contributed by atoms with Crippen LogP contribution >= 0.6 is 23.2 Å². The molecule has 0 spiro atoms. The van der Waals surface area contributed by atoms with Gasteiger partial charge in [0.2, 0.25) is 0 Å². The molecule has 2 nitrogen and oxygen atoms in total. The monoisotopic (exact) mass is 321 g/mol. The van der Waals surface area contributed by atoms with E-state index in [2.05, 4.69) is 6.07 Å². The number of hydrogen-bond acceptors (Lipinski definition) is 2. The van der Waals surface area contributed by atoms with Crippen molar-refractivity contribution in [2.75, 3.05) is 18.0 Å². The van der Waals surface area contributed by atoms with E-state index in [1.54, 1.807) is 18.2 Å². The van der Waals surface area contributed by atoms with Gasteiger partial charge in [-0.05, 0) is 49.7 Å². The van der Waals surface area contributed by atoms with Crippen molar-refractivity contribution >= 4 is 34.7 Å². The van der Waals surface area contributed by atoms with Gasteiger partial charge in [0.25, 0.3) is 0 Å². The van der Waals surface area contributed by atoms with E-state index in [-0.39, 0.29) is 12.3 Å². The van der Waals surface area contributed by atoms with Crippen molar-refractivity contribution in [3.8, 4) is 0 Å². The first kappa shape index (κ1) is 15.9. The van der Waals surface area contributed by atoms with Gasteiger partial charge in [-0.25, -0.2) is 0 Å². The molecular weight excluding hydrogens is 305 g/mol. The van der Waals surface area contributed by atoms with Crippen LogP contribution in [0.1, 0.15) is 22.8 Å². The molecule has 0 aliphatic carbocycles. The number of anilines is 1. The Balaban J connectivity index is 2.22. The first-order valence-electron chi connectivity index (χ1n) is 6.81. The normalized spacial score (nSPS) is 10.5. The minimum absolute atomic E-state index is 0.0362. The number of Topliss-reactive ketones (excluding diaryl/α,β-unsaturated/α-hetero) is 1. The lowest BCUT2D eigenvalue weighted by Gasteiger charge is -2.23. The molecule has 0 aromatic heterocycles. The van der Waals surface area contributed by atoms with Gasteiger partial charge in [0.05, 0.1) is 11.6 Å². The minimum atomic E-state index is -0.0362. The highest BCUT2D eigenvalue weighted by atomic mass is 35.5. The number of benzene rings is 2. The van der Waals surface area contributed by atoms with E-state index >= 15 is 0 Å². The van der Waals surface area contributed by atoms with Gasteiger partial charge in [-0.3, -0.25) is 4.79 Å². The zero-order valence-electron chi connectivity index (χ0n) is 12.1. The molecule has 0 aliphatic heterocycles. The van der Waals surface area contributed by atoms with Gasteiger partial charge in [-0.2, -0.15) is 0 Å². The Labute approximate surface area is 135 Å². The standard InChI is InChI=1S/C17H17Cl2NO/c1-3-20(14-6-4-5-12(2)9-14)11-17(21)15-10-13(18)7-8-16(15)19/h4-10H,3,11H2,1-2H3. The van der Waals surface area contributed by atoms with Gasteiger partial charge >= 0.3 is 0 Å². The van der Waals surface area contributed by atoms with Crippen LogP contribution in [0.2, 0.25) is 10.0 Å². The molecule has 0 bridgehead atoms. The summed E-state index contributed by atoms with van der Waals surface area (Å²) in [6, 6.07) is 13.0. The van der Waals surface area contributed by atoms with Gasteiger partial charge in [0.15, 0.2) is 5.78 Å². The average molecular weight is 322 g/mol. The van der Waals surface area contributed by atoms with E-state index in [1.807, 2.05) is 36.9 Å². The van der Waals surface area contributed by atoms with Gasteiger partial charge in [-0.15, -0.1) is 0 Å². The first-order chi connectivity index (χ1) is 10.0. The Kier molecular flexibility index (Phi) is 5.27. The summed E-state index contributed by atoms with van der Waals surface area (Å²) in [6.07, 6.45) is 0. The molecule has 4 heteroatoms. The summed E-state index contributed by atoms with van der Waals surface area (Å²) < 4.78 is 0. The molecule has 0 N–H and O–H groups in total. The summed E-state index contributed by atoms with van der Waals surface area (Å²) >= 11 is 12.0. The third-order valence-electron chi connectivity index (χ3n) is 3.31. The summed E-state index contributed by atoms with van der Waals surface area (Å²) in [7, 11) is 0. The number of aryl methyl sites for hydroxylation is 1. The molecule has 0 fully saturated rings. The fourth-order valence-corrected chi connectivity index (χ4v) is 2.58. The van der Waals surface area contributed by atoms with Crippen LogP contribution < -0.4 is 4.90 Å². The van der Waals surface area contributed by atoms with Gasteiger partial charge in [-0.1, -0.05) is 35.3 Å². The second-order valence-corrected chi connectivity index (χ2v) is 5.74. The van der Waals surface area contributed by atoms with Crippen LogP contribution in [0.15, 0.2) is 42.5 Å². The lowest BCUT2D eigenvalue weighted by Crippen LogP contribution is -2.29. The number of hydrogen-bond donors (Lipinski definition) is 0. The minimum Gasteiger partial charge on any atom is -0.364 e. The van der Waals surface area contributed by atoms with Crippen LogP contribution in [0, 0.1) is 6.92 Å². The largest absolute Gasteiger partial charge is 0.364 e. The van der Waals surface area contributed by atoms with E-state index in [9.17, 15) is 4.79 Å². The van der Waals surface area contributed by atoms with Crippen molar-refractivity contribution in [3.05, 3.63) is 63.6 Å². The predicted molar refractivity (Wildman–Crippen MR) is 89.9 cm³/mol. The average Bonchev–Trinajstić information content (AvgIpc) is 2.47. The van der Waals surface area contributed by atoms with Crippen LogP contribution in [0.25, 0.3) is 0 Å². The number of likely N-dealkylation sites (N-methyl/N-ethyl adjacent to an activating group) is 1. The zero-order valence-corrected chi connectivity index (χ0v) is 13.6. The number of nitrogens with zero attached hydrogens (tertiary/aromatic N) is 1. The smallest absolute Gasteiger partial charge is 0.183 e. The highest BCUT2D eigenvalue weighted by Gasteiger charge is 2.15. The predicted octanol–water partition coefficient (Wildman–Crippen LogP) is 5.01. The summed E-state index contributed by atoms with van der Waals surface area (Å²) in [4.78, 5) is 14.5. The fourth-order valence-electron chi connectivity index (χ4n) is 2.18. The van der Waals surface area contributed by atoms with Gasteiger partial charge in [0, 0.05) is 22.8 Å². The van der Waals surface area contributed by atoms with Gasteiger partial charge < -0.3 is 4.90 Å². The van der Waals surface area contributed by atoms with E-state index in [0.29, 0.717) is 15.6 Å². The van der Waals surface area contributed by atoms with Crippen molar-refractivity contribution in [1.29, 1.82) is 0 Å². The first-order valence-corrected chi connectivity index (χ1v) is 7.56. The van der Waals surface area contributed by atoms with Crippen molar-refractivity contribution in [2.45, 2.75) is 13.8 Å². The molecule has 0 saturated carbocycles. The second kappa shape index (κ2) is 6.97. The molecule has 0 radical (unpaired) electrons. The van der Waals surface area contributed by atoms with E-state index in [0.717, 1.165) is 12.2 Å². The van der Waals surface area contributed by atoms with Crippen LogP contribution in [0.3, 0.4) is 0 Å². The fraction of sp³-hybridized carbons (Fsp3) is 0.235. The Hall–Kier alpha value is -1.51. The molecular formula is C17H17Cl2NO. The quantitative estimate of drug-likeness (QED) is 0.721. The third kappa shape index (κ3) is 3.99. The maximum atomic E-state index is 12.5. The topological polar surface area (TPSA) is 20.3 Å². The molecule has 0 unspecified atom stereocenters. The Morgan fingerprint density at radius 2 is 1.90 bits per heavy atom. The molecule has 110 valence electrons. The van der Waals surface area contributed by atoms with E-state index < -0.39 is 0 Å². The number of halogens is 2. The van der Waals surface area contributed by atoms with Crippen LogP contribution in [0.4, 0.5) is 5.69 Å². The molecule has 2 aromatic rings. The van der Waals surface area contributed by atoms with Crippen molar-refractivity contribution in [3.63, 3.8) is 0 Å². The SMILES string of the molecule is CCN(CC(=O)c1cc(Cl)ccc1Cl)c1cccc(C)c1. The molecule has 21 heavy (non-hydrogen) atoms. The third-order valence-corrected chi connectivity index (χ3v) is 3.88. The second-order valence-electron chi connectivity index (χ2n) is 4.90. The number of carbonyl (C=O) groups excluding carboxylic acids is 1. The zero-order chi connectivity index (χ0) is 15.4. The van der Waals surface area contributed by atoms with Gasteiger partial charge in [0.1, 0.15) is 0 Å². The maximum absolute atomic E-state index is 12.5. The molecule has 0 atom stereocenters. The maximum Gasteiger partial charge on any atom is 0.183 e. The van der Waals surface area contributed by atoms with Crippen molar-refractivity contribution < 1.29 is 4.79 Å². The van der Waals surface area contributed by atoms with Crippen LogP contribution in [0.5, 0.6) is 0 Å². The Morgan fingerprint density at radius 3 is 2.57 bits per heavy atom. The molecule has 0 saturated heterocycles. The molecule has 2 aromatic carbocycles. The lowest BCUT2D eigenvalue weighted by molar-refractivity contribution is 0.0999. The summed E-state index contributed by atoms with van der Waals surface area (Å²) in [6.45, 7) is 5.08. The number of carbonyl (C=O) groups is 1. The Morgan fingerprint density at radius 1 is 1.14 bits per heavy atom. The summed E-state index contributed by atoms with van der Waals surface area (Å²) in [5.74, 6) is -0.0362. The molecule has 0 heterocycles. The number of ketones is 1. The van der Waals surface area contributed by atoms with Crippen molar-refractivity contribution in [2.24, 2.45) is 0 Å². The van der Waals surface area contributed by atoms with E-state index in [4.69, 9.17) is 23.2 Å². The van der Waals surface area contributed by atoms with Crippen molar-refractivity contribution in [1.82, 2.24) is 0 Å². The van der Waals surface area contributed by atoms with Crippen LogP contribution in [-0.2, 0) is 0 Å². The molecule has 2 rings (SSSR count). The molecule has 0 aliphatic rings. The molecule has 0 amide bonds.